The summed E-state index contributed by atoms with van der Waals surface area (Å²) in [6.07, 6.45) is 2.27. The summed E-state index contributed by atoms with van der Waals surface area (Å²) in [5.74, 6) is 0.429. The number of nitrogens with zero attached hydrogens (tertiary/aromatic N) is 2. The van der Waals surface area contributed by atoms with Crippen molar-refractivity contribution in [3.63, 3.8) is 0 Å². The number of oxazole rings is 1. The average molecular weight is 310 g/mol. The van der Waals surface area contributed by atoms with Gasteiger partial charge in [0, 0.05) is 6.42 Å². The number of hydrogen-bond donors (Lipinski definition) is 1. The number of carbonyl (C=O) groups is 1. The maximum atomic E-state index is 12.0. The molecule has 1 amide bonds. The van der Waals surface area contributed by atoms with Crippen LogP contribution in [0.5, 0.6) is 0 Å². The van der Waals surface area contributed by atoms with E-state index in [1.807, 2.05) is 6.92 Å². The van der Waals surface area contributed by atoms with Gasteiger partial charge in [0.1, 0.15) is 16.3 Å². The molecule has 0 radical (unpaired) electrons. The minimum atomic E-state index is -0.683. The van der Waals surface area contributed by atoms with Crippen LogP contribution in [0.3, 0.4) is 0 Å². The van der Waals surface area contributed by atoms with Crippen molar-refractivity contribution >= 4 is 23.2 Å². The first-order chi connectivity index (χ1) is 10.0. The molecule has 0 aliphatic carbocycles. The first-order valence-electron chi connectivity index (χ1n) is 6.17. The Labute approximate surface area is 125 Å². The number of hydrogen-bond acceptors (Lipinski definition) is 5. The summed E-state index contributed by atoms with van der Waals surface area (Å²) in [5.41, 5.74) is -0.520. The highest BCUT2D eigenvalue weighted by Crippen LogP contribution is 2.28. The third kappa shape index (κ3) is 3.38. The van der Waals surface area contributed by atoms with Gasteiger partial charge in [0.05, 0.1) is 17.7 Å². The zero-order valence-corrected chi connectivity index (χ0v) is 11.9. The molecule has 0 aliphatic rings. The zero-order chi connectivity index (χ0) is 15.4. The molecule has 0 saturated carbocycles. The summed E-state index contributed by atoms with van der Waals surface area (Å²) < 4.78 is 5.33. The molecule has 7 nitrogen and oxygen atoms in total. The number of amides is 1. The number of nitro groups is 1. The Bertz CT molecular complexity index is 684. The van der Waals surface area contributed by atoms with Crippen LogP contribution in [0.25, 0.3) is 0 Å². The number of aryl methyl sites for hydroxylation is 1. The lowest BCUT2D eigenvalue weighted by molar-refractivity contribution is -0.385. The van der Waals surface area contributed by atoms with E-state index < -0.39 is 16.5 Å². The lowest BCUT2D eigenvalue weighted by Gasteiger charge is -2.04. The number of aromatic nitrogens is 1. The largest absolute Gasteiger partial charge is 0.444 e. The van der Waals surface area contributed by atoms with Crippen molar-refractivity contribution in [3.8, 4) is 0 Å². The number of para-hydroxylation sites is 1. The fraction of sp³-hybridized carbons (Fsp3) is 0.231. The number of nitro benzene ring substituents is 1. The summed E-state index contributed by atoms with van der Waals surface area (Å²) in [6, 6.07) is 4.18. The fourth-order valence-corrected chi connectivity index (χ4v) is 1.97. The molecule has 8 heteroatoms. The van der Waals surface area contributed by atoms with Crippen molar-refractivity contribution in [1.29, 1.82) is 0 Å². The van der Waals surface area contributed by atoms with Gasteiger partial charge < -0.3 is 9.73 Å². The van der Waals surface area contributed by atoms with E-state index in [-0.39, 0.29) is 17.1 Å². The van der Waals surface area contributed by atoms with E-state index in [0.29, 0.717) is 18.1 Å². The Morgan fingerprint density at radius 2 is 2.29 bits per heavy atom. The zero-order valence-electron chi connectivity index (χ0n) is 11.1. The summed E-state index contributed by atoms with van der Waals surface area (Å²) in [5, 5.41) is 13.4. The molecule has 110 valence electrons. The first kappa shape index (κ1) is 15.0. The van der Waals surface area contributed by atoms with Crippen LogP contribution in [0.2, 0.25) is 5.02 Å². The lowest BCUT2D eigenvalue weighted by atomic mass is 10.1. The Balaban J connectivity index is 2.14. The molecule has 0 unspecified atom stereocenters. The predicted molar refractivity (Wildman–Crippen MR) is 75.2 cm³/mol. The molecule has 0 bridgehead atoms. The van der Waals surface area contributed by atoms with E-state index in [1.54, 1.807) is 6.20 Å². The Kier molecular flexibility index (Phi) is 4.54. The van der Waals surface area contributed by atoms with Gasteiger partial charge in [-0.15, -0.1) is 0 Å². The van der Waals surface area contributed by atoms with E-state index >= 15 is 0 Å². The van der Waals surface area contributed by atoms with Gasteiger partial charge in [-0.2, -0.15) is 0 Å². The van der Waals surface area contributed by atoms with Crippen LogP contribution < -0.4 is 5.32 Å². The highest BCUT2D eigenvalue weighted by atomic mass is 35.5. The Morgan fingerprint density at radius 1 is 1.52 bits per heavy atom. The van der Waals surface area contributed by atoms with Gasteiger partial charge in [0.15, 0.2) is 0 Å². The van der Waals surface area contributed by atoms with Gasteiger partial charge in [-0.25, -0.2) is 4.98 Å². The van der Waals surface area contributed by atoms with E-state index in [4.69, 9.17) is 16.0 Å². The molecule has 0 atom stereocenters. The van der Waals surface area contributed by atoms with Crippen LogP contribution in [-0.2, 0) is 13.0 Å². The predicted octanol–water partition coefficient (Wildman–Crippen LogP) is 2.73. The Hall–Kier alpha value is -2.41. The Morgan fingerprint density at radius 3 is 2.90 bits per heavy atom. The standard InChI is InChI=1S/C13H12ClN3O4/c1-2-8-6-15-11(21-8)7-16-13(18)9-4-3-5-10(14)12(9)17(19)20/h3-6H,2,7H2,1H3,(H,16,18). The number of halogens is 1. The average Bonchev–Trinajstić information content (AvgIpc) is 2.92. The minimum Gasteiger partial charge on any atom is -0.444 e. The molecule has 1 aromatic heterocycles. The third-order valence-electron chi connectivity index (χ3n) is 2.76. The van der Waals surface area contributed by atoms with Crippen molar-refractivity contribution in [2.24, 2.45) is 0 Å². The van der Waals surface area contributed by atoms with Gasteiger partial charge in [0.2, 0.25) is 5.89 Å². The molecule has 1 N–H and O–H groups in total. The lowest BCUT2D eigenvalue weighted by Crippen LogP contribution is -2.23. The van der Waals surface area contributed by atoms with Crippen LogP contribution in [-0.4, -0.2) is 15.8 Å². The van der Waals surface area contributed by atoms with Crippen LogP contribution in [0.4, 0.5) is 5.69 Å². The molecular weight excluding hydrogens is 298 g/mol. The van der Waals surface area contributed by atoms with Gasteiger partial charge in [0.25, 0.3) is 5.91 Å². The normalized spacial score (nSPS) is 10.4. The van der Waals surface area contributed by atoms with Crippen LogP contribution >= 0.6 is 11.6 Å². The van der Waals surface area contributed by atoms with Gasteiger partial charge in [-0.3, -0.25) is 14.9 Å². The van der Waals surface area contributed by atoms with E-state index in [0.717, 1.165) is 0 Å². The second-order valence-corrected chi connectivity index (χ2v) is 4.56. The molecule has 2 aromatic rings. The monoisotopic (exact) mass is 309 g/mol. The molecule has 2 rings (SSSR count). The molecule has 21 heavy (non-hydrogen) atoms. The van der Waals surface area contributed by atoms with E-state index in [9.17, 15) is 14.9 Å². The van der Waals surface area contributed by atoms with Crippen LogP contribution in [0, 0.1) is 10.1 Å². The summed E-state index contributed by atoms with van der Waals surface area (Å²) in [6.45, 7) is 1.96. The second-order valence-electron chi connectivity index (χ2n) is 4.15. The fourth-order valence-electron chi connectivity index (χ4n) is 1.73. The minimum absolute atomic E-state index is 0.0441. The number of carbonyl (C=O) groups excluding carboxylic acids is 1. The topological polar surface area (TPSA) is 98.3 Å². The maximum absolute atomic E-state index is 12.0. The molecule has 1 heterocycles. The van der Waals surface area contributed by atoms with Crippen molar-refractivity contribution in [1.82, 2.24) is 10.3 Å². The van der Waals surface area contributed by atoms with Crippen molar-refractivity contribution in [2.45, 2.75) is 19.9 Å². The van der Waals surface area contributed by atoms with Crippen LogP contribution in [0.15, 0.2) is 28.8 Å². The molecule has 0 aliphatic heterocycles. The van der Waals surface area contributed by atoms with Gasteiger partial charge >= 0.3 is 5.69 Å². The van der Waals surface area contributed by atoms with Gasteiger partial charge in [-0.05, 0) is 12.1 Å². The molecule has 0 fully saturated rings. The smallest absolute Gasteiger partial charge is 0.300 e. The van der Waals surface area contributed by atoms with Gasteiger partial charge in [-0.1, -0.05) is 24.6 Å². The first-order valence-corrected chi connectivity index (χ1v) is 6.55. The van der Waals surface area contributed by atoms with E-state index in [1.165, 1.54) is 18.2 Å². The second kappa shape index (κ2) is 6.36. The summed E-state index contributed by atoms with van der Waals surface area (Å²) >= 11 is 5.76. The number of nitrogens with one attached hydrogen (secondary N) is 1. The van der Waals surface area contributed by atoms with Crippen molar-refractivity contribution < 1.29 is 14.1 Å². The maximum Gasteiger partial charge on any atom is 0.300 e. The van der Waals surface area contributed by atoms with E-state index in [2.05, 4.69) is 10.3 Å². The number of benzene rings is 1. The van der Waals surface area contributed by atoms with Crippen molar-refractivity contribution in [2.75, 3.05) is 0 Å². The highest BCUT2D eigenvalue weighted by molar-refractivity contribution is 6.33. The quantitative estimate of drug-likeness (QED) is 0.676. The van der Waals surface area contributed by atoms with Crippen LogP contribution in [0.1, 0.15) is 28.9 Å². The third-order valence-corrected chi connectivity index (χ3v) is 3.07. The summed E-state index contributed by atoms with van der Waals surface area (Å²) in [4.78, 5) is 26.3. The molecule has 1 aromatic carbocycles. The highest BCUT2D eigenvalue weighted by Gasteiger charge is 2.23. The molecule has 0 saturated heterocycles. The molecular formula is C13H12ClN3O4. The molecule has 0 spiro atoms. The summed E-state index contributed by atoms with van der Waals surface area (Å²) in [7, 11) is 0. The van der Waals surface area contributed by atoms with Crippen molar-refractivity contribution in [3.05, 3.63) is 56.7 Å². The number of rotatable bonds is 5. The SMILES string of the molecule is CCc1cnc(CNC(=O)c2cccc(Cl)c2[N+](=O)[O-])o1.